The first kappa shape index (κ1) is 25.5. The molecule has 6 heteroatoms. The van der Waals surface area contributed by atoms with Gasteiger partial charge in [0.1, 0.15) is 17.2 Å². The maximum absolute atomic E-state index is 13.4. The lowest BCUT2D eigenvalue weighted by Gasteiger charge is -2.32. The third-order valence-electron chi connectivity index (χ3n) is 6.99. The number of nitrogens with one attached hydrogen (secondary N) is 1. The zero-order valence-electron chi connectivity index (χ0n) is 21.6. The molecule has 2 heterocycles. The van der Waals surface area contributed by atoms with E-state index in [0.717, 1.165) is 61.0 Å². The fraction of sp³-hybridized carbons (Fsp3) is 0.250. The van der Waals surface area contributed by atoms with Crippen LogP contribution in [0.25, 0.3) is 0 Å². The van der Waals surface area contributed by atoms with Crippen molar-refractivity contribution >= 4 is 5.91 Å². The molecule has 0 saturated carbocycles. The van der Waals surface area contributed by atoms with Gasteiger partial charge < -0.3 is 14.8 Å². The number of nitrogens with zero attached hydrogens (tertiary/aromatic N) is 2. The van der Waals surface area contributed by atoms with Crippen molar-refractivity contribution in [1.82, 2.24) is 15.2 Å². The predicted octanol–water partition coefficient (Wildman–Crippen LogP) is 6.00. The van der Waals surface area contributed by atoms with Gasteiger partial charge in [-0.2, -0.15) is 0 Å². The first-order valence-corrected chi connectivity index (χ1v) is 13.1. The first-order chi connectivity index (χ1) is 18.7. The predicted molar refractivity (Wildman–Crippen MR) is 148 cm³/mol. The Hall–Kier alpha value is -4.16. The highest BCUT2D eigenvalue weighted by Crippen LogP contribution is 2.30. The molecule has 1 atom stereocenters. The number of piperidine rings is 1. The van der Waals surface area contributed by atoms with Gasteiger partial charge >= 0.3 is 0 Å². The van der Waals surface area contributed by atoms with Crippen molar-refractivity contribution in [3.8, 4) is 17.2 Å². The van der Waals surface area contributed by atoms with E-state index in [0.29, 0.717) is 0 Å². The maximum Gasteiger partial charge on any atom is 0.224 e. The molecule has 5 rings (SSSR count). The van der Waals surface area contributed by atoms with Gasteiger partial charge in [0, 0.05) is 24.2 Å². The Morgan fingerprint density at radius 2 is 1.58 bits per heavy atom. The minimum absolute atomic E-state index is 0.0335. The number of rotatable bonds is 9. The van der Waals surface area contributed by atoms with Crippen LogP contribution in [0.5, 0.6) is 17.2 Å². The molecule has 0 spiro atoms. The number of ether oxygens (including phenoxy) is 2. The first-order valence-electron chi connectivity index (χ1n) is 13.1. The van der Waals surface area contributed by atoms with Gasteiger partial charge in [0.15, 0.2) is 0 Å². The van der Waals surface area contributed by atoms with E-state index in [-0.39, 0.29) is 17.9 Å². The topological polar surface area (TPSA) is 63.7 Å². The van der Waals surface area contributed by atoms with Gasteiger partial charge in [-0.1, -0.05) is 54.6 Å². The van der Waals surface area contributed by atoms with E-state index < -0.39 is 0 Å². The van der Waals surface area contributed by atoms with Gasteiger partial charge in [-0.05, 0) is 74.0 Å². The molecular weight excluding hydrogens is 474 g/mol. The number of para-hydroxylation sites is 2. The van der Waals surface area contributed by atoms with E-state index in [4.69, 9.17) is 9.47 Å². The van der Waals surface area contributed by atoms with E-state index in [1.165, 1.54) is 5.56 Å². The lowest BCUT2D eigenvalue weighted by atomic mass is 9.94. The van der Waals surface area contributed by atoms with Crippen molar-refractivity contribution in [2.24, 2.45) is 5.92 Å². The molecule has 38 heavy (non-hydrogen) atoms. The van der Waals surface area contributed by atoms with Crippen molar-refractivity contribution < 1.29 is 14.3 Å². The SMILES string of the molecule is COc1ccccc1C(NC(=O)C1CCN(Cc2ccc(Oc3ccccc3)cc2)CC1)c1ccccn1. The number of methoxy groups -OCH3 is 1. The van der Waals surface area contributed by atoms with E-state index in [1.54, 1.807) is 13.3 Å². The summed E-state index contributed by atoms with van der Waals surface area (Å²) in [4.78, 5) is 20.3. The monoisotopic (exact) mass is 507 g/mol. The second kappa shape index (κ2) is 12.4. The summed E-state index contributed by atoms with van der Waals surface area (Å²) in [6.07, 6.45) is 3.40. The Labute approximate surface area is 224 Å². The Kier molecular flexibility index (Phi) is 8.31. The smallest absolute Gasteiger partial charge is 0.224 e. The average Bonchev–Trinajstić information content (AvgIpc) is 2.98. The second-order valence-electron chi connectivity index (χ2n) is 9.55. The zero-order valence-corrected chi connectivity index (χ0v) is 21.6. The van der Waals surface area contributed by atoms with Crippen molar-refractivity contribution in [3.05, 3.63) is 120 Å². The van der Waals surface area contributed by atoms with Crippen molar-refractivity contribution in [3.63, 3.8) is 0 Å². The van der Waals surface area contributed by atoms with Crippen molar-refractivity contribution in [2.75, 3.05) is 20.2 Å². The molecule has 1 unspecified atom stereocenters. The second-order valence-corrected chi connectivity index (χ2v) is 9.55. The lowest BCUT2D eigenvalue weighted by molar-refractivity contribution is -0.127. The number of aromatic nitrogens is 1. The molecule has 0 radical (unpaired) electrons. The number of hydrogen-bond acceptors (Lipinski definition) is 5. The molecule has 0 bridgehead atoms. The Morgan fingerprint density at radius 1 is 0.895 bits per heavy atom. The summed E-state index contributed by atoms with van der Waals surface area (Å²) < 4.78 is 11.5. The van der Waals surface area contributed by atoms with Crippen LogP contribution in [0.2, 0.25) is 0 Å². The van der Waals surface area contributed by atoms with Crippen LogP contribution >= 0.6 is 0 Å². The molecule has 1 fully saturated rings. The largest absolute Gasteiger partial charge is 0.496 e. The van der Waals surface area contributed by atoms with Crippen LogP contribution in [-0.2, 0) is 11.3 Å². The summed E-state index contributed by atoms with van der Waals surface area (Å²) in [5, 5.41) is 3.27. The fourth-order valence-electron chi connectivity index (χ4n) is 4.92. The standard InChI is InChI=1S/C32H33N3O3/c1-37-30-13-6-5-11-28(30)31(29-12-7-8-20-33-29)34-32(36)25-18-21-35(22-19-25)23-24-14-16-27(17-15-24)38-26-9-3-2-4-10-26/h2-17,20,25,31H,18-19,21-23H2,1H3,(H,34,36). The number of benzene rings is 3. The van der Waals surface area contributed by atoms with Gasteiger partial charge in [-0.15, -0.1) is 0 Å². The number of pyridine rings is 1. The highest BCUT2D eigenvalue weighted by atomic mass is 16.5. The lowest BCUT2D eigenvalue weighted by Crippen LogP contribution is -2.41. The van der Waals surface area contributed by atoms with E-state index in [2.05, 4.69) is 27.3 Å². The molecule has 1 aliphatic rings. The molecule has 1 saturated heterocycles. The quantitative estimate of drug-likeness (QED) is 0.301. The van der Waals surface area contributed by atoms with Gasteiger partial charge in [0.05, 0.1) is 18.8 Å². The summed E-state index contributed by atoms with van der Waals surface area (Å²) in [6, 6.07) is 31.2. The van der Waals surface area contributed by atoms with E-state index >= 15 is 0 Å². The zero-order chi connectivity index (χ0) is 26.2. The number of likely N-dealkylation sites (tertiary alicyclic amines) is 1. The van der Waals surface area contributed by atoms with E-state index in [9.17, 15) is 4.79 Å². The van der Waals surface area contributed by atoms with Crippen LogP contribution < -0.4 is 14.8 Å². The highest BCUT2D eigenvalue weighted by Gasteiger charge is 2.29. The summed E-state index contributed by atoms with van der Waals surface area (Å²) in [6.45, 7) is 2.62. The van der Waals surface area contributed by atoms with Crippen LogP contribution in [0.3, 0.4) is 0 Å². The van der Waals surface area contributed by atoms with Crippen molar-refractivity contribution in [2.45, 2.75) is 25.4 Å². The highest BCUT2D eigenvalue weighted by molar-refractivity contribution is 5.79. The van der Waals surface area contributed by atoms with Gasteiger partial charge in [-0.25, -0.2) is 0 Å². The molecular formula is C32H33N3O3. The summed E-state index contributed by atoms with van der Waals surface area (Å²) >= 11 is 0. The van der Waals surface area contributed by atoms with Crippen LogP contribution in [0.15, 0.2) is 103 Å². The molecule has 1 aromatic heterocycles. The fourth-order valence-corrected chi connectivity index (χ4v) is 4.92. The number of hydrogen-bond donors (Lipinski definition) is 1. The molecule has 1 amide bonds. The van der Waals surface area contributed by atoms with E-state index in [1.807, 2.05) is 84.9 Å². The Bertz CT molecular complexity index is 1300. The summed E-state index contributed by atoms with van der Waals surface area (Å²) in [7, 11) is 1.65. The Balaban J connectivity index is 1.17. The van der Waals surface area contributed by atoms with Crippen LogP contribution in [-0.4, -0.2) is 36.0 Å². The van der Waals surface area contributed by atoms with Gasteiger partial charge in [0.2, 0.25) is 5.91 Å². The van der Waals surface area contributed by atoms with Crippen LogP contribution in [0.4, 0.5) is 0 Å². The van der Waals surface area contributed by atoms with Crippen LogP contribution in [0, 0.1) is 5.92 Å². The molecule has 1 N–H and O–H groups in total. The number of carbonyl (C=O) groups excluding carboxylic acids is 1. The third-order valence-corrected chi connectivity index (χ3v) is 6.99. The number of carbonyl (C=O) groups is 1. The Morgan fingerprint density at radius 3 is 2.29 bits per heavy atom. The maximum atomic E-state index is 13.4. The molecule has 194 valence electrons. The minimum atomic E-state index is -0.366. The average molecular weight is 508 g/mol. The molecule has 3 aromatic carbocycles. The molecule has 4 aromatic rings. The molecule has 1 aliphatic heterocycles. The molecule has 6 nitrogen and oxygen atoms in total. The van der Waals surface area contributed by atoms with Crippen molar-refractivity contribution in [1.29, 1.82) is 0 Å². The molecule has 0 aliphatic carbocycles. The summed E-state index contributed by atoms with van der Waals surface area (Å²) in [5.41, 5.74) is 2.93. The summed E-state index contributed by atoms with van der Waals surface area (Å²) in [5.74, 6) is 2.42. The van der Waals surface area contributed by atoms with Gasteiger partial charge in [-0.3, -0.25) is 14.7 Å². The van der Waals surface area contributed by atoms with Crippen LogP contribution in [0.1, 0.15) is 35.7 Å². The van der Waals surface area contributed by atoms with Gasteiger partial charge in [0.25, 0.3) is 0 Å². The number of amides is 1. The minimum Gasteiger partial charge on any atom is -0.496 e. The third kappa shape index (κ3) is 6.39. The normalized spacial score (nSPS) is 15.0.